The quantitative estimate of drug-likeness (QED) is 0.766. The molecule has 1 amide bonds. The Morgan fingerprint density at radius 3 is 3.27 bits per heavy atom. The molecule has 0 spiro atoms. The summed E-state index contributed by atoms with van der Waals surface area (Å²) in [7, 11) is 0. The van der Waals surface area contributed by atoms with Crippen molar-refractivity contribution in [3.05, 3.63) is 11.1 Å². The van der Waals surface area contributed by atoms with Gasteiger partial charge in [-0.15, -0.1) is 5.10 Å². The molecule has 1 aliphatic heterocycles. The third-order valence-corrected chi connectivity index (χ3v) is 3.06. The number of aromatic nitrogens is 2. The molecule has 0 bridgehead atoms. The van der Waals surface area contributed by atoms with Crippen LogP contribution in [0.25, 0.3) is 0 Å². The Labute approximate surface area is 92.4 Å². The summed E-state index contributed by atoms with van der Waals surface area (Å²) in [4.78, 5) is 11.7. The molecule has 2 atom stereocenters. The minimum Gasteiger partial charge on any atom is -0.348 e. The largest absolute Gasteiger partial charge is 0.348 e. The number of carbonyl (C=O) groups excluding carboxylic acids is 1. The number of hydrogen-bond donors (Lipinski definition) is 2. The van der Waals surface area contributed by atoms with Gasteiger partial charge in [0.05, 0.1) is 0 Å². The smallest absolute Gasteiger partial charge is 0.272 e. The molecule has 0 radical (unpaired) electrons. The Balaban J connectivity index is 1.89. The second-order valence-electron chi connectivity index (χ2n) is 3.84. The van der Waals surface area contributed by atoms with Crippen molar-refractivity contribution < 1.29 is 4.79 Å². The first-order valence-electron chi connectivity index (χ1n) is 5.07. The number of rotatable bonds is 2. The van der Waals surface area contributed by atoms with Gasteiger partial charge in [-0.05, 0) is 37.8 Å². The van der Waals surface area contributed by atoms with E-state index < -0.39 is 0 Å². The SMILES string of the molecule is CC1CC(NC(=O)c2csnn2)CCN1. The van der Waals surface area contributed by atoms with Crippen molar-refractivity contribution >= 4 is 17.4 Å². The maximum Gasteiger partial charge on any atom is 0.272 e. The number of piperidine rings is 1. The van der Waals surface area contributed by atoms with E-state index in [2.05, 4.69) is 27.1 Å². The summed E-state index contributed by atoms with van der Waals surface area (Å²) in [6.07, 6.45) is 1.96. The molecule has 82 valence electrons. The number of nitrogens with one attached hydrogen (secondary N) is 2. The molecule has 2 unspecified atom stereocenters. The summed E-state index contributed by atoms with van der Waals surface area (Å²) in [5.74, 6) is -0.108. The van der Waals surface area contributed by atoms with Crippen molar-refractivity contribution in [1.82, 2.24) is 20.2 Å². The van der Waals surface area contributed by atoms with Crippen LogP contribution in [-0.4, -0.2) is 34.1 Å². The molecule has 1 fully saturated rings. The van der Waals surface area contributed by atoms with E-state index in [9.17, 15) is 4.79 Å². The molecule has 5 nitrogen and oxygen atoms in total. The maximum atomic E-state index is 11.7. The number of amides is 1. The second kappa shape index (κ2) is 4.67. The molecule has 1 aliphatic rings. The summed E-state index contributed by atoms with van der Waals surface area (Å²) < 4.78 is 3.67. The van der Waals surface area contributed by atoms with Crippen molar-refractivity contribution in [3.8, 4) is 0 Å². The molecular weight excluding hydrogens is 212 g/mol. The zero-order chi connectivity index (χ0) is 10.7. The maximum absolute atomic E-state index is 11.7. The van der Waals surface area contributed by atoms with Gasteiger partial charge >= 0.3 is 0 Å². The summed E-state index contributed by atoms with van der Waals surface area (Å²) in [5.41, 5.74) is 0.422. The van der Waals surface area contributed by atoms with Crippen LogP contribution in [0.2, 0.25) is 0 Å². The molecule has 1 aromatic rings. The molecule has 0 saturated carbocycles. The normalized spacial score (nSPS) is 26.2. The fourth-order valence-corrected chi connectivity index (χ4v) is 2.22. The number of nitrogens with zero attached hydrogens (tertiary/aromatic N) is 2. The van der Waals surface area contributed by atoms with E-state index in [4.69, 9.17) is 0 Å². The van der Waals surface area contributed by atoms with Gasteiger partial charge < -0.3 is 10.6 Å². The van der Waals surface area contributed by atoms with E-state index in [1.54, 1.807) is 5.38 Å². The van der Waals surface area contributed by atoms with Gasteiger partial charge in [-0.1, -0.05) is 4.49 Å². The van der Waals surface area contributed by atoms with Gasteiger partial charge in [0.25, 0.3) is 5.91 Å². The van der Waals surface area contributed by atoms with Gasteiger partial charge in [-0.2, -0.15) is 0 Å². The molecular formula is C9H14N4OS. The fraction of sp³-hybridized carbons (Fsp3) is 0.667. The van der Waals surface area contributed by atoms with Crippen LogP contribution in [0.4, 0.5) is 0 Å². The first kappa shape index (κ1) is 10.5. The Kier molecular flexibility index (Phi) is 3.27. The van der Waals surface area contributed by atoms with E-state index in [1.165, 1.54) is 11.5 Å². The highest BCUT2D eigenvalue weighted by atomic mass is 32.1. The molecule has 2 heterocycles. The lowest BCUT2D eigenvalue weighted by molar-refractivity contribution is 0.0920. The minimum absolute atomic E-state index is 0.108. The fourth-order valence-electron chi connectivity index (χ4n) is 1.79. The molecule has 0 aliphatic carbocycles. The first-order chi connectivity index (χ1) is 7.25. The lowest BCUT2D eigenvalue weighted by Gasteiger charge is -2.28. The number of carbonyl (C=O) groups is 1. The highest BCUT2D eigenvalue weighted by Gasteiger charge is 2.21. The molecule has 2 rings (SSSR count). The minimum atomic E-state index is -0.108. The van der Waals surface area contributed by atoms with Crippen molar-refractivity contribution in [2.75, 3.05) is 6.54 Å². The summed E-state index contributed by atoms with van der Waals surface area (Å²) in [5, 5.41) is 11.7. The van der Waals surface area contributed by atoms with Gasteiger partial charge in [-0.3, -0.25) is 4.79 Å². The highest BCUT2D eigenvalue weighted by Crippen LogP contribution is 2.09. The predicted octanol–water partition coefficient (Wildman–Crippen LogP) is 0.408. The molecule has 1 aromatic heterocycles. The van der Waals surface area contributed by atoms with Crippen LogP contribution in [0.5, 0.6) is 0 Å². The van der Waals surface area contributed by atoms with Gasteiger partial charge in [-0.25, -0.2) is 0 Å². The van der Waals surface area contributed by atoms with Gasteiger partial charge in [0.15, 0.2) is 5.69 Å². The zero-order valence-electron chi connectivity index (χ0n) is 8.56. The van der Waals surface area contributed by atoms with Crippen molar-refractivity contribution in [3.63, 3.8) is 0 Å². The van der Waals surface area contributed by atoms with Gasteiger partial charge in [0.1, 0.15) is 0 Å². The highest BCUT2D eigenvalue weighted by molar-refractivity contribution is 7.03. The monoisotopic (exact) mass is 226 g/mol. The van der Waals surface area contributed by atoms with Crippen LogP contribution in [0.3, 0.4) is 0 Å². The molecule has 0 aromatic carbocycles. The van der Waals surface area contributed by atoms with Gasteiger partial charge in [0, 0.05) is 17.5 Å². The standard InChI is InChI=1S/C9H14N4OS/c1-6-4-7(2-3-10-6)11-9(14)8-5-15-13-12-8/h5-7,10H,2-4H2,1H3,(H,11,14). The third kappa shape index (κ3) is 2.73. The molecule has 2 N–H and O–H groups in total. The topological polar surface area (TPSA) is 66.9 Å². The van der Waals surface area contributed by atoms with E-state index in [1.807, 2.05) is 0 Å². The van der Waals surface area contributed by atoms with Crippen LogP contribution >= 0.6 is 11.5 Å². The second-order valence-corrected chi connectivity index (χ2v) is 4.45. The van der Waals surface area contributed by atoms with E-state index in [0.29, 0.717) is 11.7 Å². The summed E-state index contributed by atoms with van der Waals surface area (Å²) >= 11 is 1.20. The predicted molar refractivity (Wildman–Crippen MR) is 57.9 cm³/mol. The summed E-state index contributed by atoms with van der Waals surface area (Å²) in [6.45, 7) is 3.09. The van der Waals surface area contributed by atoms with Crippen molar-refractivity contribution in [2.45, 2.75) is 31.8 Å². The van der Waals surface area contributed by atoms with Crippen LogP contribution in [0, 0.1) is 0 Å². The lowest BCUT2D eigenvalue weighted by atomic mass is 10.0. The average molecular weight is 226 g/mol. The Morgan fingerprint density at radius 1 is 1.73 bits per heavy atom. The van der Waals surface area contributed by atoms with Crippen LogP contribution < -0.4 is 10.6 Å². The number of hydrogen-bond acceptors (Lipinski definition) is 5. The van der Waals surface area contributed by atoms with E-state index in [-0.39, 0.29) is 11.9 Å². The average Bonchev–Trinajstić information content (AvgIpc) is 2.70. The zero-order valence-corrected chi connectivity index (χ0v) is 9.38. The van der Waals surface area contributed by atoms with E-state index in [0.717, 1.165) is 19.4 Å². The van der Waals surface area contributed by atoms with Crippen LogP contribution in [0.1, 0.15) is 30.3 Å². The molecule has 1 saturated heterocycles. The Bertz CT molecular complexity index is 327. The van der Waals surface area contributed by atoms with Crippen LogP contribution in [-0.2, 0) is 0 Å². The molecule has 15 heavy (non-hydrogen) atoms. The van der Waals surface area contributed by atoms with Gasteiger partial charge in [0.2, 0.25) is 0 Å². The third-order valence-electron chi connectivity index (χ3n) is 2.55. The van der Waals surface area contributed by atoms with Crippen molar-refractivity contribution in [1.29, 1.82) is 0 Å². The summed E-state index contributed by atoms with van der Waals surface area (Å²) in [6, 6.07) is 0.730. The first-order valence-corrected chi connectivity index (χ1v) is 5.90. The van der Waals surface area contributed by atoms with Crippen molar-refractivity contribution in [2.24, 2.45) is 0 Å². The Morgan fingerprint density at radius 2 is 2.60 bits per heavy atom. The lowest BCUT2D eigenvalue weighted by Crippen LogP contribution is -2.46. The Hall–Kier alpha value is -1.01. The van der Waals surface area contributed by atoms with E-state index >= 15 is 0 Å². The van der Waals surface area contributed by atoms with Crippen LogP contribution in [0.15, 0.2) is 5.38 Å². The molecule has 6 heteroatoms.